The van der Waals surface area contributed by atoms with Crippen molar-refractivity contribution in [2.24, 2.45) is 0 Å². The fourth-order valence-electron chi connectivity index (χ4n) is 3.14. The second kappa shape index (κ2) is 10.7. The van der Waals surface area contributed by atoms with Gasteiger partial charge in [-0.2, -0.15) is 13.5 Å². The van der Waals surface area contributed by atoms with Gasteiger partial charge in [0.05, 0.1) is 25.2 Å². The molecule has 0 fully saturated rings. The summed E-state index contributed by atoms with van der Waals surface area (Å²) in [6.45, 7) is 1.19. The van der Waals surface area contributed by atoms with Crippen molar-refractivity contribution >= 4 is 10.1 Å². The van der Waals surface area contributed by atoms with Crippen LogP contribution in [-0.2, 0) is 33.9 Å². The summed E-state index contributed by atoms with van der Waals surface area (Å²) in [6.07, 6.45) is 1.10. The number of rotatable bonds is 10. The van der Waals surface area contributed by atoms with Gasteiger partial charge in [0, 0.05) is 17.7 Å². The maximum atomic E-state index is 14.2. The quantitative estimate of drug-likeness (QED) is 0.413. The molecule has 0 atom stereocenters. The number of hydrogen-bond acceptors (Lipinski definition) is 6. The van der Waals surface area contributed by atoms with Crippen molar-refractivity contribution in [3.05, 3.63) is 81.6 Å². The lowest BCUT2D eigenvalue weighted by molar-refractivity contribution is 0.305. The highest BCUT2D eigenvalue weighted by Crippen LogP contribution is 2.24. The molecule has 33 heavy (non-hydrogen) atoms. The van der Waals surface area contributed by atoms with Crippen molar-refractivity contribution in [2.45, 2.75) is 32.9 Å². The van der Waals surface area contributed by atoms with Crippen LogP contribution in [0.25, 0.3) is 11.3 Å². The van der Waals surface area contributed by atoms with Crippen LogP contribution in [0.3, 0.4) is 0 Å². The zero-order chi connectivity index (χ0) is 24.0. The average Bonchev–Trinajstić information content (AvgIpc) is 2.80. The molecule has 0 N–H and O–H groups in total. The molecule has 2 aromatic carbocycles. The third-order valence-electron chi connectivity index (χ3n) is 4.99. The summed E-state index contributed by atoms with van der Waals surface area (Å²) in [4.78, 5) is 12.9. The maximum Gasteiger partial charge on any atom is 0.272 e. The van der Waals surface area contributed by atoms with Crippen molar-refractivity contribution in [1.29, 1.82) is 0 Å². The van der Waals surface area contributed by atoms with Crippen LogP contribution in [0.5, 0.6) is 5.75 Å². The molecule has 0 spiro atoms. The van der Waals surface area contributed by atoms with Gasteiger partial charge in [0.1, 0.15) is 5.82 Å². The Hall–Kier alpha value is -3.11. The van der Waals surface area contributed by atoms with E-state index in [1.54, 1.807) is 18.2 Å². The largest absolute Gasteiger partial charge is 0.494 e. The minimum absolute atomic E-state index is 0.0592. The summed E-state index contributed by atoms with van der Waals surface area (Å²) >= 11 is 0. The van der Waals surface area contributed by atoms with Gasteiger partial charge in [-0.05, 0) is 61.7 Å². The highest BCUT2D eigenvalue weighted by molar-refractivity contribution is 7.86. The predicted molar refractivity (Wildman–Crippen MR) is 119 cm³/mol. The lowest BCUT2D eigenvalue weighted by Gasteiger charge is -2.12. The van der Waals surface area contributed by atoms with E-state index >= 15 is 0 Å². The fraction of sp³-hybridized carbons (Fsp3) is 0.304. The van der Waals surface area contributed by atoms with Gasteiger partial charge in [-0.3, -0.25) is 8.98 Å². The monoisotopic (exact) mass is 478 g/mol. The van der Waals surface area contributed by atoms with Crippen LogP contribution in [0.1, 0.15) is 24.5 Å². The van der Waals surface area contributed by atoms with Crippen molar-refractivity contribution in [3.8, 4) is 17.0 Å². The van der Waals surface area contributed by atoms with E-state index in [0.29, 0.717) is 18.4 Å². The summed E-state index contributed by atoms with van der Waals surface area (Å²) in [6, 6.07) is 11.7. The highest BCUT2D eigenvalue weighted by Gasteiger charge is 2.15. The van der Waals surface area contributed by atoms with E-state index in [1.165, 1.54) is 49.0 Å². The zero-order valence-corrected chi connectivity index (χ0v) is 19.1. The summed E-state index contributed by atoms with van der Waals surface area (Å²) in [5.74, 6) is -1.11. The molecule has 3 aromatic rings. The van der Waals surface area contributed by atoms with Gasteiger partial charge in [0.25, 0.3) is 15.7 Å². The van der Waals surface area contributed by atoms with Crippen LogP contribution in [-0.4, -0.2) is 31.1 Å². The normalized spacial score (nSPS) is 11.5. The number of halogens is 2. The maximum absolute atomic E-state index is 14.2. The SMILES string of the molecule is CCS(=O)(=O)OCc1cc(-c2ccc(OC)c(F)c2)nn(CCCc2ccc(F)cc2)c1=O. The molecule has 0 aliphatic carbocycles. The molecule has 3 rings (SSSR count). The topological polar surface area (TPSA) is 87.5 Å². The second-order valence-corrected chi connectivity index (χ2v) is 9.20. The second-order valence-electron chi connectivity index (χ2n) is 7.27. The Morgan fingerprint density at radius 3 is 2.42 bits per heavy atom. The summed E-state index contributed by atoms with van der Waals surface area (Å²) in [5.41, 5.74) is 1.15. The van der Waals surface area contributed by atoms with E-state index in [1.807, 2.05) is 0 Å². The standard InChI is InChI=1S/C23H24F2N2O5S/c1-3-33(29,30)32-15-18-14-21(17-8-11-22(31-2)20(25)13-17)26-27(23(18)28)12-4-5-16-6-9-19(24)10-7-16/h6-11,13-14H,3-5,12,15H2,1-2H3. The number of hydrogen-bond donors (Lipinski definition) is 0. The van der Waals surface area contributed by atoms with E-state index in [4.69, 9.17) is 8.92 Å². The first-order valence-corrected chi connectivity index (χ1v) is 11.9. The van der Waals surface area contributed by atoms with Crippen molar-refractivity contribution < 1.29 is 26.1 Å². The minimum Gasteiger partial charge on any atom is -0.494 e. The molecule has 1 aromatic heterocycles. The average molecular weight is 479 g/mol. The first-order valence-electron chi connectivity index (χ1n) is 10.3. The van der Waals surface area contributed by atoms with Crippen LogP contribution in [0.15, 0.2) is 53.3 Å². The number of nitrogens with zero attached hydrogens (tertiary/aromatic N) is 2. The van der Waals surface area contributed by atoms with Crippen LogP contribution >= 0.6 is 0 Å². The molecule has 7 nitrogen and oxygen atoms in total. The third kappa shape index (κ3) is 6.45. The van der Waals surface area contributed by atoms with Crippen LogP contribution in [0, 0.1) is 11.6 Å². The molecule has 0 saturated carbocycles. The van der Waals surface area contributed by atoms with E-state index in [9.17, 15) is 22.0 Å². The molecule has 0 amide bonds. The fourth-order valence-corrected chi connectivity index (χ4v) is 3.61. The van der Waals surface area contributed by atoms with Crippen LogP contribution < -0.4 is 10.3 Å². The van der Waals surface area contributed by atoms with Crippen molar-refractivity contribution in [3.63, 3.8) is 0 Å². The molecule has 0 unspecified atom stereocenters. The Morgan fingerprint density at radius 1 is 1.06 bits per heavy atom. The smallest absolute Gasteiger partial charge is 0.272 e. The van der Waals surface area contributed by atoms with Crippen molar-refractivity contribution in [2.75, 3.05) is 12.9 Å². The molecule has 10 heteroatoms. The summed E-state index contributed by atoms with van der Waals surface area (Å²) in [5, 5.41) is 4.34. The zero-order valence-electron chi connectivity index (χ0n) is 18.3. The lowest BCUT2D eigenvalue weighted by atomic mass is 10.1. The third-order valence-corrected chi connectivity index (χ3v) is 6.18. The summed E-state index contributed by atoms with van der Waals surface area (Å²) < 4.78 is 61.9. The number of methoxy groups -OCH3 is 1. The number of aryl methyl sites for hydroxylation is 2. The molecule has 0 aliphatic rings. The van der Waals surface area contributed by atoms with Gasteiger partial charge in [-0.1, -0.05) is 12.1 Å². The van der Waals surface area contributed by atoms with E-state index in [0.717, 1.165) is 5.56 Å². The first-order chi connectivity index (χ1) is 15.7. The molecule has 176 valence electrons. The van der Waals surface area contributed by atoms with E-state index in [-0.39, 0.29) is 35.1 Å². The molecular formula is C23H24F2N2O5S. The van der Waals surface area contributed by atoms with Gasteiger partial charge in [-0.25, -0.2) is 13.5 Å². The van der Waals surface area contributed by atoms with E-state index in [2.05, 4.69) is 5.10 Å². The molecule has 0 bridgehead atoms. The number of aromatic nitrogens is 2. The Bertz CT molecular complexity index is 1270. The van der Waals surface area contributed by atoms with Gasteiger partial charge in [-0.15, -0.1) is 0 Å². The molecule has 0 aliphatic heterocycles. The van der Waals surface area contributed by atoms with E-state index < -0.39 is 28.1 Å². The highest BCUT2D eigenvalue weighted by atomic mass is 32.2. The Kier molecular flexibility index (Phi) is 7.93. The molecule has 1 heterocycles. The predicted octanol–water partition coefficient (Wildman–Crippen LogP) is 3.70. The van der Waals surface area contributed by atoms with Gasteiger partial charge >= 0.3 is 0 Å². The molecular weight excluding hydrogens is 454 g/mol. The van der Waals surface area contributed by atoms with Crippen LogP contribution in [0.2, 0.25) is 0 Å². The van der Waals surface area contributed by atoms with Gasteiger partial charge < -0.3 is 4.74 Å². The number of benzene rings is 2. The summed E-state index contributed by atoms with van der Waals surface area (Å²) in [7, 11) is -2.42. The minimum atomic E-state index is -3.77. The van der Waals surface area contributed by atoms with Crippen molar-refractivity contribution in [1.82, 2.24) is 9.78 Å². The Balaban J connectivity index is 1.91. The molecule has 0 saturated heterocycles. The molecule has 0 radical (unpaired) electrons. The number of ether oxygens (including phenoxy) is 1. The first kappa shape index (κ1) is 24.5. The lowest BCUT2D eigenvalue weighted by Crippen LogP contribution is -2.28. The van der Waals surface area contributed by atoms with Crippen LogP contribution in [0.4, 0.5) is 8.78 Å². The Labute approximate surface area is 190 Å². The Morgan fingerprint density at radius 2 is 1.79 bits per heavy atom. The van der Waals surface area contributed by atoms with Gasteiger partial charge in [0.2, 0.25) is 0 Å². The van der Waals surface area contributed by atoms with Gasteiger partial charge in [0.15, 0.2) is 11.6 Å².